The second-order valence-electron chi connectivity index (χ2n) is 3.08. The van der Waals surface area contributed by atoms with Gasteiger partial charge in [0.1, 0.15) is 6.17 Å². The van der Waals surface area contributed by atoms with Gasteiger partial charge in [0, 0.05) is 4.43 Å². The third kappa shape index (κ3) is 4.91. The van der Waals surface area contributed by atoms with Crippen LogP contribution in [-0.4, -0.2) is 17.2 Å². The molecule has 0 radical (unpaired) electrons. The first kappa shape index (κ1) is 11.9. The van der Waals surface area contributed by atoms with Crippen LogP contribution in [0.1, 0.15) is 12.0 Å². The van der Waals surface area contributed by atoms with E-state index in [-0.39, 0.29) is 6.61 Å². The number of hydrogen-bond donors (Lipinski definition) is 0. The second-order valence-corrected chi connectivity index (χ2v) is 4.15. The van der Waals surface area contributed by atoms with Crippen LogP contribution < -0.4 is 0 Å². The lowest BCUT2D eigenvalue weighted by Gasteiger charge is -2.07. The van der Waals surface area contributed by atoms with Crippen molar-refractivity contribution in [1.29, 1.82) is 0 Å². The number of hydrogen-bond acceptors (Lipinski definition) is 1. The highest BCUT2D eigenvalue weighted by atomic mass is 127. The summed E-state index contributed by atoms with van der Waals surface area (Å²) < 4.78 is 19.1. The molecular formula is C11H14FIO. The van der Waals surface area contributed by atoms with Gasteiger partial charge in [0.15, 0.2) is 0 Å². The van der Waals surface area contributed by atoms with Crippen molar-refractivity contribution in [3.05, 3.63) is 35.9 Å². The van der Waals surface area contributed by atoms with Crippen LogP contribution in [0.5, 0.6) is 0 Å². The van der Waals surface area contributed by atoms with Gasteiger partial charge >= 0.3 is 0 Å². The number of ether oxygens (including phenoxy) is 1. The molecule has 0 spiro atoms. The summed E-state index contributed by atoms with van der Waals surface area (Å²) in [7, 11) is 0. The van der Waals surface area contributed by atoms with Gasteiger partial charge in [-0.05, 0) is 12.0 Å². The minimum absolute atomic E-state index is 0.206. The Bertz CT molecular complexity index is 240. The van der Waals surface area contributed by atoms with Crippen LogP contribution in [0.2, 0.25) is 0 Å². The summed E-state index contributed by atoms with van der Waals surface area (Å²) in [6, 6.07) is 9.82. The first-order chi connectivity index (χ1) is 6.83. The predicted octanol–water partition coefficient (Wildman–Crippen LogP) is 3.37. The van der Waals surface area contributed by atoms with Gasteiger partial charge in [-0.25, -0.2) is 4.39 Å². The minimum atomic E-state index is -0.824. The molecule has 1 unspecified atom stereocenters. The summed E-state index contributed by atoms with van der Waals surface area (Å²) in [5.41, 5.74) is 1.09. The highest BCUT2D eigenvalue weighted by molar-refractivity contribution is 14.1. The van der Waals surface area contributed by atoms with Crippen LogP contribution in [0.15, 0.2) is 30.3 Å². The number of halogens is 2. The molecular weight excluding hydrogens is 294 g/mol. The van der Waals surface area contributed by atoms with Crippen LogP contribution in [-0.2, 0) is 11.3 Å². The molecule has 0 aliphatic carbocycles. The van der Waals surface area contributed by atoms with Crippen LogP contribution in [0, 0.1) is 0 Å². The molecule has 0 aliphatic heterocycles. The number of rotatable bonds is 6. The quantitative estimate of drug-likeness (QED) is 0.578. The Morgan fingerprint density at radius 1 is 1.29 bits per heavy atom. The first-order valence-electron chi connectivity index (χ1n) is 4.64. The van der Waals surface area contributed by atoms with Crippen LogP contribution in [0.3, 0.4) is 0 Å². The molecule has 0 heterocycles. The Labute approximate surface area is 97.8 Å². The van der Waals surface area contributed by atoms with E-state index in [0.717, 1.165) is 9.99 Å². The smallest absolute Gasteiger partial charge is 0.124 e. The van der Waals surface area contributed by atoms with Gasteiger partial charge < -0.3 is 4.74 Å². The average molecular weight is 308 g/mol. The van der Waals surface area contributed by atoms with Gasteiger partial charge in [-0.1, -0.05) is 52.9 Å². The summed E-state index contributed by atoms with van der Waals surface area (Å²) in [6.07, 6.45) is -0.245. The van der Waals surface area contributed by atoms with Crippen molar-refractivity contribution in [2.24, 2.45) is 0 Å². The van der Waals surface area contributed by atoms with Gasteiger partial charge in [-0.3, -0.25) is 0 Å². The monoisotopic (exact) mass is 308 g/mol. The average Bonchev–Trinajstić information content (AvgIpc) is 2.20. The summed E-state index contributed by atoms with van der Waals surface area (Å²) in [6.45, 7) is 0.709. The van der Waals surface area contributed by atoms with E-state index in [2.05, 4.69) is 22.6 Å². The van der Waals surface area contributed by atoms with Gasteiger partial charge in [0.05, 0.1) is 13.2 Å². The summed E-state index contributed by atoms with van der Waals surface area (Å²) in [5.74, 6) is 0. The SMILES string of the molecule is FC(CCI)COCc1ccccc1. The normalized spacial score (nSPS) is 12.7. The largest absolute Gasteiger partial charge is 0.374 e. The van der Waals surface area contributed by atoms with E-state index in [4.69, 9.17) is 4.74 Å². The van der Waals surface area contributed by atoms with Crippen molar-refractivity contribution in [3.8, 4) is 0 Å². The van der Waals surface area contributed by atoms with Crippen molar-refractivity contribution in [1.82, 2.24) is 0 Å². The maximum atomic E-state index is 13.0. The molecule has 78 valence electrons. The van der Waals surface area contributed by atoms with Crippen LogP contribution in [0.4, 0.5) is 4.39 Å². The molecule has 1 atom stereocenters. The topological polar surface area (TPSA) is 9.23 Å². The third-order valence-corrected chi connectivity index (χ3v) is 2.46. The molecule has 1 rings (SSSR count). The molecule has 0 amide bonds. The van der Waals surface area contributed by atoms with Gasteiger partial charge in [0.25, 0.3) is 0 Å². The van der Waals surface area contributed by atoms with E-state index in [1.54, 1.807) is 0 Å². The third-order valence-electron chi connectivity index (χ3n) is 1.83. The summed E-state index contributed by atoms with van der Waals surface area (Å²) in [4.78, 5) is 0. The molecule has 1 aromatic carbocycles. The molecule has 14 heavy (non-hydrogen) atoms. The van der Waals surface area contributed by atoms with Crippen LogP contribution >= 0.6 is 22.6 Å². The summed E-state index contributed by atoms with van der Waals surface area (Å²) >= 11 is 2.17. The molecule has 0 fully saturated rings. The Hall–Kier alpha value is -0.160. The van der Waals surface area contributed by atoms with Gasteiger partial charge in [-0.15, -0.1) is 0 Å². The van der Waals surface area contributed by atoms with Crippen molar-refractivity contribution in [3.63, 3.8) is 0 Å². The predicted molar refractivity (Wildman–Crippen MR) is 64.5 cm³/mol. The molecule has 0 bridgehead atoms. The van der Waals surface area contributed by atoms with Gasteiger partial charge in [-0.2, -0.15) is 0 Å². The van der Waals surface area contributed by atoms with E-state index in [1.807, 2.05) is 30.3 Å². The van der Waals surface area contributed by atoms with E-state index in [1.165, 1.54) is 0 Å². The Balaban J connectivity index is 2.16. The standard InChI is InChI=1S/C11H14FIO/c12-11(6-7-13)9-14-8-10-4-2-1-3-5-10/h1-5,11H,6-9H2. The first-order valence-corrected chi connectivity index (χ1v) is 6.17. The zero-order valence-electron chi connectivity index (χ0n) is 7.96. The fourth-order valence-electron chi connectivity index (χ4n) is 1.08. The van der Waals surface area contributed by atoms with E-state index >= 15 is 0 Å². The van der Waals surface area contributed by atoms with E-state index in [9.17, 15) is 4.39 Å². The highest BCUT2D eigenvalue weighted by Gasteiger charge is 2.04. The second kappa shape index (κ2) is 7.17. The Morgan fingerprint density at radius 3 is 2.64 bits per heavy atom. The molecule has 0 aliphatic rings. The molecule has 0 saturated heterocycles. The minimum Gasteiger partial charge on any atom is -0.374 e. The Kier molecular flexibility index (Phi) is 6.10. The van der Waals surface area contributed by atoms with Crippen LogP contribution in [0.25, 0.3) is 0 Å². The van der Waals surface area contributed by atoms with Gasteiger partial charge in [0.2, 0.25) is 0 Å². The van der Waals surface area contributed by atoms with Crippen molar-refractivity contribution in [2.45, 2.75) is 19.2 Å². The molecule has 0 saturated carbocycles. The number of alkyl halides is 2. The fourth-order valence-corrected chi connectivity index (χ4v) is 1.76. The Morgan fingerprint density at radius 2 is 2.00 bits per heavy atom. The fraction of sp³-hybridized carbons (Fsp3) is 0.455. The number of benzene rings is 1. The lowest BCUT2D eigenvalue weighted by atomic mass is 10.2. The van der Waals surface area contributed by atoms with E-state index < -0.39 is 6.17 Å². The van der Waals surface area contributed by atoms with Crippen molar-refractivity contribution < 1.29 is 9.13 Å². The molecule has 0 N–H and O–H groups in total. The summed E-state index contributed by atoms with van der Waals surface area (Å²) in [5, 5.41) is 0. The molecule has 0 aromatic heterocycles. The lowest BCUT2D eigenvalue weighted by molar-refractivity contribution is 0.0690. The van der Waals surface area contributed by atoms with Crippen molar-refractivity contribution >= 4 is 22.6 Å². The zero-order valence-corrected chi connectivity index (χ0v) is 10.1. The van der Waals surface area contributed by atoms with E-state index in [0.29, 0.717) is 13.0 Å². The maximum absolute atomic E-state index is 13.0. The molecule has 1 aromatic rings. The van der Waals surface area contributed by atoms with Crippen molar-refractivity contribution in [2.75, 3.05) is 11.0 Å². The highest BCUT2D eigenvalue weighted by Crippen LogP contribution is 2.05. The zero-order chi connectivity index (χ0) is 10.2. The molecule has 3 heteroatoms. The maximum Gasteiger partial charge on any atom is 0.124 e. The lowest BCUT2D eigenvalue weighted by Crippen LogP contribution is -2.10. The molecule has 1 nitrogen and oxygen atoms in total.